The third-order valence-electron chi connectivity index (χ3n) is 3.06. The van der Waals surface area contributed by atoms with Gasteiger partial charge in [-0.1, -0.05) is 0 Å². The van der Waals surface area contributed by atoms with Crippen LogP contribution in [-0.4, -0.2) is 30.1 Å². The Morgan fingerprint density at radius 2 is 2.19 bits per heavy atom. The van der Waals surface area contributed by atoms with E-state index in [1.165, 1.54) is 0 Å². The number of aromatic nitrogens is 1. The number of amides is 2. The lowest BCUT2D eigenvalue weighted by Crippen LogP contribution is -2.30. The Kier molecular flexibility index (Phi) is 4.80. The number of urea groups is 1. The van der Waals surface area contributed by atoms with Gasteiger partial charge in [0.15, 0.2) is 0 Å². The van der Waals surface area contributed by atoms with Crippen LogP contribution >= 0.6 is 11.3 Å². The molecule has 0 bridgehead atoms. The lowest BCUT2D eigenvalue weighted by molar-refractivity contribution is 0.220. The van der Waals surface area contributed by atoms with Gasteiger partial charge in [-0.25, -0.2) is 9.78 Å². The third kappa shape index (κ3) is 3.95. The van der Waals surface area contributed by atoms with E-state index in [-0.39, 0.29) is 6.03 Å². The Labute approximate surface area is 128 Å². The Balaban J connectivity index is 1.98. The summed E-state index contributed by atoms with van der Waals surface area (Å²) in [6.07, 6.45) is 0. The highest BCUT2D eigenvalue weighted by Crippen LogP contribution is 2.21. The van der Waals surface area contributed by atoms with Crippen LogP contribution in [0.4, 0.5) is 10.5 Å². The quantitative estimate of drug-likeness (QED) is 0.941. The molecule has 2 rings (SSSR count). The van der Waals surface area contributed by atoms with Gasteiger partial charge in [0.2, 0.25) is 0 Å². The average Bonchev–Trinajstić information content (AvgIpc) is 2.84. The molecular formula is C15H19N3O2S. The third-order valence-corrected chi connectivity index (χ3v) is 3.88. The van der Waals surface area contributed by atoms with Gasteiger partial charge in [-0.15, -0.1) is 11.3 Å². The summed E-state index contributed by atoms with van der Waals surface area (Å²) >= 11 is 1.58. The number of hydrogen-bond donors (Lipinski definition) is 1. The molecule has 1 heterocycles. The molecule has 2 amide bonds. The molecule has 21 heavy (non-hydrogen) atoms. The summed E-state index contributed by atoms with van der Waals surface area (Å²) < 4.78 is 5.20. The van der Waals surface area contributed by atoms with Crippen molar-refractivity contribution in [1.29, 1.82) is 0 Å². The molecule has 0 saturated heterocycles. The van der Waals surface area contributed by atoms with Crippen molar-refractivity contribution >= 4 is 23.1 Å². The van der Waals surface area contributed by atoms with E-state index in [0.717, 1.165) is 27.7 Å². The average molecular weight is 305 g/mol. The van der Waals surface area contributed by atoms with E-state index in [0.29, 0.717) is 6.54 Å². The Morgan fingerprint density at radius 1 is 1.43 bits per heavy atom. The van der Waals surface area contributed by atoms with Gasteiger partial charge in [0, 0.05) is 18.1 Å². The van der Waals surface area contributed by atoms with Crippen molar-refractivity contribution in [3.63, 3.8) is 0 Å². The van der Waals surface area contributed by atoms with Crippen LogP contribution in [0.5, 0.6) is 5.75 Å². The number of aryl methyl sites for hydroxylation is 2. The molecule has 2 aromatic rings. The highest BCUT2D eigenvalue weighted by molar-refractivity contribution is 7.09. The van der Waals surface area contributed by atoms with Crippen LogP contribution < -0.4 is 10.1 Å². The highest BCUT2D eigenvalue weighted by atomic mass is 32.1. The number of anilines is 1. The smallest absolute Gasteiger partial charge is 0.321 e. The molecule has 0 saturated carbocycles. The van der Waals surface area contributed by atoms with E-state index >= 15 is 0 Å². The molecular weight excluding hydrogens is 286 g/mol. The zero-order valence-corrected chi connectivity index (χ0v) is 13.5. The predicted molar refractivity (Wildman–Crippen MR) is 85.1 cm³/mol. The first-order chi connectivity index (χ1) is 9.99. The zero-order valence-electron chi connectivity index (χ0n) is 12.6. The number of benzene rings is 1. The minimum absolute atomic E-state index is 0.162. The molecule has 0 atom stereocenters. The molecule has 0 unspecified atom stereocenters. The molecule has 1 N–H and O–H groups in total. The Bertz CT molecular complexity index is 640. The topological polar surface area (TPSA) is 54.5 Å². The van der Waals surface area contributed by atoms with Gasteiger partial charge in [0.25, 0.3) is 0 Å². The second kappa shape index (κ2) is 6.58. The van der Waals surface area contributed by atoms with Crippen LogP contribution in [0.1, 0.15) is 16.3 Å². The molecule has 1 aromatic heterocycles. The fraction of sp³-hybridized carbons (Fsp3) is 0.333. The number of nitrogens with zero attached hydrogens (tertiary/aromatic N) is 2. The number of rotatable bonds is 4. The summed E-state index contributed by atoms with van der Waals surface area (Å²) in [5.74, 6) is 0.805. The second-order valence-corrected chi connectivity index (χ2v) is 5.89. The molecule has 0 fully saturated rings. The first kappa shape index (κ1) is 15.3. The van der Waals surface area contributed by atoms with Gasteiger partial charge in [0.1, 0.15) is 5.75 Å². The Morgan fingerprint density at radius 3 is 2.76 bits per heavy atom. The van der Waals surface area contributed by atoms with E-state index < -0.39 is 0 Å². The van der Waals surface area contributed by atoms with Gasteiger partial charge in [-0.05, 0) is 37.6 Å². The normalized spacial score (nSPS) is 10.3. The standard InChI is InChI=1S/C15H19N3O2S/c1-10-7-12(5-6-14(10)20-4)17-15(19)18(3)8-13-9-21-11(2)16-13/h5-7,9H,8H2,1-4H3,(H,17,19). The van der Waals surface area contributed by atoms with E-state index in [1.807, 2.05) is 37.4 Å². The van der Waals surface area contributed by atoms with Crippen LogP contribution in [0.15, 0.2) is 23.6 Å². The second-order valence-electron chi connectivity index (χ2n) is 4.83. The maximum absolute atomic E-state index is 12.1. The fourth-order valence-electron chi connectivity index (χ4n) is 1.97. The molecule has 0 radical (unpaired) electrons. The van der Waals surface area contributed by atoms with Crippen LogP contribution in [0.2, 0.25) is 0 Å². The molecule has 0 aliphatic carbocycles. The SMILES string of the molecule is COc1ccc(NC(=O)N(C)Cc2csc(C)n2)cc1C. The number of methoxy groups -OCH3 is 1. The first-order valence-corrected chi connectivity index (χ1v) is 7.45. The maximum atomic E-state index is 12.1. The zero-order chi connectivity index (χ0) is 15.4. The van der Waals surface area contributed by atoms with Crippen molar-refractivity contribution in [3.05, 3.63) is 39.8 Å². The van der Waals surface area contributed by atoms with Crippen molar-refractivity contribution in [3.8, 4) is 5.75 Å². The van der Waals surface area contributed by atoms with Gasteiger partial charge in [-0.3, -0.25) is 0 Å². The number of nitrogens with one attached hydrogen (secondary N) is 1. The van der Waals surface area contributed by atoms with Gasteiger partial charge in [0.05, 0.1) is 24.4 Å². The lowest BCUT2D eigenvalue weighted by atomic mass is 10.2. The number of hydrogen-bond acceptors (Lipinski definition) is 4. The Hall–Kier alpha value is -2.08. The fourth-order valence-corrected chi connectivity index (χ4v) is 2.57. The van der Waals surface area contributed by atoms with Crippen LogP contribution in [0, 0.1) is 13.8 Å². The molecule has 112 valence electrons. The summed E-state index contributed by atoms with van der Waals surface area (Å²) in [6, 6.07) is 5.39. The van der Waals surface area contributed by atoms with E-state index in [2.05, 4.69) is 10.3 Å². The summed E-state index contributed by atoms with van der Waals surface area (Å²) in [7, 11) is 3.38. The monoisotopic (exact) mass is 305 g/mol. The molecule has 0 spiro atoms. The van der Waals surface area contributed by atoms with Crippen molar-refractivity contribution < 1.29 is 9.53 Å². The number of carbonyl (C=O) groups excluding carboxylic acids is 1. The van der Waals surface area contributed by atoms with Crippen molar-refractivity contribution in [2.75, 3.05) is 19.5 Å². The van der Waals surface area contributed by atoms with E-state index in [1.54, 1.807) is 30.4 Å². The molecule has 1 aromatic carbocycles. The number of carbonyl (C=O) groups is 1. The summed E-state index contributed by atoms with van der Waals surface area (Å²) in [5, 5.41) is 5.84. The predicted octanol–water partition coefficient (Wildman–Crippen LogP) is 3.43. The first-order valence-electron chi connectivity index (χ1n) is 6.57. The molecule has 0 aliphatic rings. The van der Waals surface area contributed by atoms with Crippen LogP contribution in [-0.2, 0) is 6.54 Å². The van der Waals surface area contributed by atoms with E-state index in [4.69, 9.17) is 4.74 Å². The molecule has 0 aliphatic heterocycles. The minimum atomic E-state index is -0.162. The van der Waals surface area contributed by atoms with Gasteiger partial charge in [-0.2, -0.15) is 0 Å². The van der Waals surface area contributed by atoms with Crippen molar-refractivity contribution in [2.24, 2.45) is 0 Å². The minimum Gasteiger partial charge on any atom is -0.496 e. The summed E-state index contributed by atoms with van der Waals surface area (Å²) in [6.45, 7) is 4.38. The molecule has 5 nitrogen and oxygen atoms in total. The number of ether oxygens (including phenoxy) is 1. The maximum Gasteiger partial charge on any atom is 0.321 e. The molecule has 6 heteroatoms. The van der Waals surface area contributed by atoms with E-state index in [9.17, 15) is 4.79 Å². The largest absolute Gasteiger partial charge is 0.496 e. The lowest BCUT2D eigenvalue weighted by Gasteiger charge is -2.17. The highest BCUT2D eigenvalue weighted by Gasteiger charge is 2.11. The van der Waals surface area contributed by atoms with Gasteiger partial charge >= 0.3 is 6.03 Å². The number of thiazole rings is 1. The summed E-state index contributed by atoms with van der Waals surface area (Å²) in [4.78, 5) is 18.1. The summed E-state index contributed by atoms with van der Waals surface area (Å²) in [5.41, 5.74) is 2.63. The van der Waals surface area contributed by atoms with Crippen molar-refractivity contribution in [2.45, 2.75) is 20.4 Å². The van der Waals surface area contributed by atoms with Crippen LogP contribution in [0.3, 0.4) is 0 Å². The van der Waals surface area contributed by atoms with Gasteiger partial charge < -0.3 is 15.0 Å². The van der Waals surface area contributed by atoms with Crippen molar-refractivity contribution in [1.82, 2.24) is 9.88 Å². The van der Waals surface area contributed by atoms with Crippen LogP contribution in [0.25, 0.3) is 0 Å².